The van der Waals surface area contributed by atoms with Crippen LogP contribution in [0.2, 0.25) is 0 Å². The smallest absolute Gasteiger partial charge is 0.338 e. The van der Waals surface area contributed by atoms with Gasteiger partial charge in [-0.05, 0) is 29.8 Å². The van der Waals surface area contributed by atoms with Crippen molar-refractivity contribution in [2.24, 2.45) is 0 Å². The highest BCUT2D eigenvalue weighted by molar-refractivity contribution is 5.89. The van der Waals surface area contributed by atoms with Gasteiger partial charge in [-0.25, -0.2) is 4.79 Å². The van der Waals surface area contributed by atoms with Crippen LogP contribution in [0.4, 0.5) is 0 Å². The van der Waals surface area contributed by atoms with Gasteiger partial charge in [-0.2, -0.15) is 0 Å². The highest BCUT2D eigenvalue weighted by atomic mass is 16.8. The maximum absolute atomic E-state index is 12.2. The molecule has 0 unspecified atom stereocenters. The Morgan fingerprint density at radius 3 is 2.32 bits per heavy atom. The van der Waals surface area contributed by atoms with Crippen molar-refractivity contribution < 1.29 is 59.1 Å². The molecule has 0 spiro atoms. The van der Waals surface area contributed by atoms with Crippen molar-refractivity contribution in [1.82, 2.24) is 0 Å². The molecule has 2 aromatic rings. The Hall–Kier alpha value is -2.65. The second kappa shape index (κ2) is 11.8. The minimum Gasteiger partial charge on any atom is -0.462 e. The normalized spacial score (nSPS) is 33.7. The average Bonchev–Trinajstić information content (AvgIpc) is 3.21. The maximum atomic E-state index is 12.2. The summed E-state index contributed by atoms with van der Waals surface area (Å²) >= 11 is 0. The number of esters is 1. The lowest BCUT2D eigenvalue weighted by atomic mass is 9.98. The predicted molar refractivity (Wildman–Crippen MR) is 123 cm³/mol. The molecule has 8 atom stereocenters. The van der Waals surface area contributed by atoms with E-state index in [1.54, 1.807) is 30.3 Å². The zero-order valence-electron chi connectivity index (χ0n) is 19.7. The van der Waals surface area contributed by atoms with Gasteiger partial charge in [-0.1, -0.05) is 30.3 Å². The summed E-state index contributed by atoms with van der Waals surface area (Å²) in [6.45, 7) is -1.86. The van der Waals surface area contributed by atoms with Gasteiger partial charge in [0, 0.05) is 0 Å². The number of hydrogen-bond acceptors (Lipinski definition) is 12. The first-order chi connectivity index (χ1) is 17.8. The molecule has 37 heavy (non-hydrogen) atoms. The first-order valence-electron chi connectivity index (χ1n) is 11.6. The largest absolute Gasteiger partial charge is 0.462 e. The Labute approximate surface area is 212 Å². The second-order valence-corrected chi connectivity index (χ2v) is 8.90. The van der Waals surface area contributed by atoms with Gasteiger partial charge in [0.1, 0.15) is 36.8 Å². The van der Waals surface area contributed by atoms with Gasteiger partial charge < -0.3 is 54.3 Å². The molecule has 0 aliphatic carbocycles. The molecule has 202 valence electrons. The van der Waals surface area contributed by atoms with Gasteiger partial charge in [0.2, 0.25) is 6.29 Å². The van der Waals surface area contributed by atoms with E-state index in [4.69, 9.17) is 23.7 Å². The molecule has 2 aromatic carbocycles. The molecule has 2 aliphatic rings. The SMILES string of the molecule is O=C(OC[C@]1(O)CO[C@@H](O[C@@H]2[C@H](Oc3ccc(CO)cc3)O[C@H](CO)[C@@H](O)[C@@H]2O)[C@@H]1O)c1ccccc1. The molecule has 0 bridgehead atoms. The van der Waals surface area contributed by atoms with Gasteiger partial charge >= 0.3 is 5.97 Å². The molecule has 2 aliphatic heterocycles. The van der Waals surface area contributed by atoms with Crippen molar-refractivity contribution in [3.8, 4) is 5.75 Å². The molecule has 4 rings (SSSR count). The molecule has 6 N–H and O–H groups in total. The van der Waals surface area contributed by atoms with Crippen LogP contribution in [0.15, 0.2) is 54.6 Å². The first-order valence-corrected chi connectivity index (χ1v) is 11.6. The third-order valence-electron chi connectivity index (χ3n) is 6.24. The lowest BCUT2D eigenvalue weighted by Gasteiger charge is -2.42. The summed E-state index contributed by atoms with van der Waals surface area (Å²) in [5.41, 5.74) is -1.13. The van der Waals surface area contributed by atoms with Crippen molar-refractivity contribution in [3.63, 3.8) is 0 Å². The van der Waals surface area contributed by atoms with Crippen LogP contribution in [-0.2, 0) is 25.6 Å². The highest BCUT2D eigenvalue weighted by Gasteiger charge is 2.54. The fraction of sp³-hybridized carbons (Fsp3) is 0.480. The number of ether oxygens (including phenoxy) is 5. The van der Waals surface area contributed by atoms with Crippen LogP contribution in [0.1, 0.15) is 15.9 Å². The summed E-state index contributed by atoms with van der Waals surface area (Å²) in [5, 5.41) is 61.4. The zero-order chi connectivity index (χ0) is 26.6. The van der Waals surface area contributed by atoms with Crippen LogP contribution < -0.4 is 4.74 Å². The van der Waals surface area contributed by atoms with Crippen LogP contribution in [0, 0.1) is 0 Å². The van der Waals surface area contributed by atoms with Crippen LogP contribution in [-0.4, -0.2) is 105 Å². The minimum atomic E-state index is -2.02. The van der Waals surface area contributed by atoms with Crippen LogP contribution in [0.25, 0.3) is 0 Å². The molecule has 12 nitrogen and oxygen atoms in total. The van der Waals surface area contributed by atoms with E-state index in [2.05, 4.69) is 0 Å². The van der Waals surface area contributed by atoms with Crippen molar-refractivity contribution in [1.29, 1.82) is 0 Å². The van der Waals surface area contributed by atoms with Gasteiger partial charge in [0.15, 0.2) is 18.0 Å². The van der Waals surface area contributed by atoms with Gasteiger partial charge in [-0.15, -0.1) is 0 Å². The molecule has 2 fully saturated rings. The molecule has 0 radical (unpaired) electrons. The van der Waals surface area contributed by atoms with Gasteiger partial charge in [-0.3, -0.25) is 0 Å². The van der Waals surface area contributed by atoms with Crippen molar-refractivity contribution in [2.75, 3.05) is 19.8 Å². The van der Waals surface area contributed by atoms with E-state index in [1.807, 2.05) is 0 Å². The molecule has 2 heterocycles. The molecule has 0 saturated carbocycles. The first kappa shape index (κ1) is 27.4. The van der Waals surface area contributed by atoms with E-state index < -0.39 is 74.5 Å². The number of aliphatic hydroxyl groups is 6. The van der Waals surface area contributed by atoms with Crippen LogP contribution in [0.5, 0.6) is 5.75 Å². The fourth-order valence-electron chi connectivity index (χ4n) is 4.00. The van der Waals surface area contributed by atoms with E-state index in [-0.39, 0.29) is 17.9 Å². The second-order valence-electron chi connectivity index (χ2n) is 8.90. The Morgan fingerprint density at radius 2 is 1.68 bits per heavy atom. The summed E-state index contributed by atoms with van der Waals surface area (Å²) in [6, 6.07) is 14.4. The van der Waals surface area contributed by atoms with E-state index in [1.165, 1.54) is 24.3 Å². The number of hydrogen-bond donors (Lipinski definition) is 6. The molecule has 2 saturated heterocycles. The Balaban J connectivity index is 1.44. The lowest BCUT2D eigenvalue weighted by Crippen LogP contribution is -2.62. The van der Waals surface area contributed by atoms with Crippen molar-refractivity contribution >= 4 is 5.97 Å². The van der Waals surface area contributed by atoms with E-state index in [0.29, 0.717) is 5.56 Å². The third kappa shape index (κ3) is 6.09. The number of rotatable bonds is 9. The topological polar surface area (TPSA) is 185 Å². The zero-order valence-corrected chi connectivity index (χ0v) is 19.7. The number of carbonyl (C=O) groups is 1. The van der Waals surface area contributed by atoms with Crippen LogP contribution in [0.3, 0.4) is 0 Å². The average molecular weight is 523 g/mol. The molecule has 12 heteroatoms. The molecule has 0 amide bonds. The van der Waals surface area contributed by atoms with E-state index in [9.17, 15) is 35.4 Å². The summed E-state index contributed by atoms with van der Waals surface area (Å²) in [4.78, 5) is 12.2. The summed E-state index contributed by atoms with van der Waals surface area (Å²) < 4.78 is 27.6. The van der Waals surface area contributed by atoms with E-state index >= 15 is 0 Å². The Bertz CT molecular complexity index is 1020. The molecular formula is C25H30O12. The fourth-order valence-corrected chi connectivity index (χ4v) is 4.00. The number of benzene rings is 2. The maximum Gasteiger partial charge on any atom is 0.338 e. The Morgan fingerprint density at radius 1 is 0.973 bits per heavy atom. The van der Waals surface area contributed by atoms with Crippen molar-refractivity contribution in [3.05, 3.63) is 65.7 Å². The number of carbonyl (C=O) groups excluding carboxylic acids is 1. The van der Waals surface area contributed by atoms with Crippen LogP contribution >= 0.6 is 0 Å². The van der Waals surface area contributed by atoms with E-state index in [0.717, 1.165) is 0 Å². The summed E-state index contributed by atoms with van der Waals surface area (Å²) in [7, 11) is 0. The minimum absolute atomic E-state index is 0.177. The lowest BCUT2D eigenvalue weighted by molar-refractivity contribution is -0.318. The van der Waals surface area contributed by atoms with Crippen molar-refractivity contribution in [2.45, 2.75) is 55.3 Å². The summed E-state index contributed by atoms with van der Waals surface area (Å²) in [6.07, 6.45) is -10.4. The summed E-state index contributed by atoms with van der Waals surface area (Å²) in [5.74, 6) is -0.436. The van der Waals surface area contributed by atoms with Gasteiger partial charge in [0.25, 0.3) is 0 Å². The standard InChI is InChI=1S/C25H30O12/c26-10-14-6-8-16(9-7-14)35-23-20(19(29)18(28)17(11-27)36-23)37-24-21(30)25(32,13-34-24)12-33-22(31)15-4-2-1-3-5-15/h1-9,17-21,23-24,26-30,32H,10-13H2/t17-,18-,19+,20+,21+,23-,24+,25+/m1/s1. The highest BCUT2D eigenvalue weighted by Crippen LogP contribution is 2.32. The quantitative estimate of drug-likeness (QED) is 0.214. The Kier molecular flexibility index (Phi) is 8.75. The predicted octanol–water partition coefficient (Wildman–Crippen LogP) is -1.31. The molecular weight excluding hydrogens is 492 g/mol. The monoisotopic (exact) mass is 522 g/mol. The third-order valence-corrected chi connectivity index (χ3v) is 6.24. The van der Waals surface area contributed by atoms with Gasteiger partial charge in [0.05, 0.1) is 25.4 Å². The number of aliphatic hydroxyl groups excluding tert-OH is 5. The molecule has 0 aromatic heterocycles.